The summed E-state index contributed by atoms with van der Waals surface area (Å²) in [5.74, 6) is -0.111. The summed E-state index contributed by atoms with van der Waals surface area (Å²) in [4.78, 5) is 12.6. The van der Waals surface area contributed by atoms with Crippen LogP contribution in [0.4, 0.5) is 0 Å². The molecule has 0 bridgehead atoms. The van der Waals surface area contributed by atoms with Crippen LogP contribution in [0.5, 0.6) is 5.75 Å². The normalized spacial score (nSPS) is 11.3. The SMILES string of the molecule is Cc1ccc(C(=O)N/N=C(\CCc2ccccc2)c2ccccc2O)c(C)c1. The number of hydrogen-bond acceptors (Lipinski definition) is 3. The summed E-state index contributed by atoms with van der Waals surface area (Å²) >= 11 is 0. The summed E-state index contributed by atoms with van der Waals surface area (Å²) in [5.41, 5.74) is 7.70. The number of para-hydroxylation sites is 1. The minimum Gasteiger partial charge on any atom is -0.507 e. The zero-order valence-electron chi connectivity index (χ0n) is 16.1. The van der Waals surface area contributed by atoms with Crippen LogP contribution in [0.25, 0.3) is 0 Å². The van der Waals surface area contributed by atoms with Gasteiger partial charge in [-0.2, -0.15) is 5.10 Å². The smallest absolute Gasteiger partial charge is 0.271 e. The molecule has 3 aromatic carbocycles. The van der Waals surface area contributed by atoms with Gasteiger partial charge in [0, 0.05) is 11.1 Å². The molecule has 2 N–H and O–H groups in total. The van der Waals surface area contributed by atoms with E-state index < -0.39 is 0 Å². The Bertz CT molecular complexity index is 994. The lowest BCUT2D eigenvalue weighted by molar-refractivity contribution is 0.0954. The summed E-state index contributed by atoms with van der Waals surface area (Å²) in [6.45, 7) is 3.90. The summed E-state index contributed by atoms with van der Waals surface area (Å²) in [7, 11) is 0. The van der Waals surface area contributed by atoms with Crippen LogP contribution in [-0.4, -0.2) is 16.7 Å². The second-order valence-electron chi connectivity index (χ2n) is 6.82. The molecule has 4 heteroatoms. The van der Waals surface area contributed by atoms with Gasteiger partial charge >= 0.3 is 0 Å². The summed E-state index contributed by atoms with van der Waals surface area (Å²) in [6, 6.07) is 22.8. The van der Waals surface area contributed by atoms with Gasteiger partial charge in [0.05, 0.1) is 5.71 Å². The van der Waals surface area contributed by atoms with E-state index >= 15 is 0 Å². The molecular weight excluding hydrogens is 348 g/mol. The van der Waals surface area contributed by atoms with E-state index in [1.54, 1.807) is 18.2 Å². The van der Waals surface area contributed by atoms with Crippen molar-refractivity contribution in [2.75, 3.05) is 0 Å². The molecule has 0 radical (unpaired) electrons. The number of phenols is 1. The fraction of sp³-hybridized carbons (Fsp3) is 0.167. The van der Waals surface area contributed by atoms with Gasteiger partial charge in [0.1, 0.15) is 5.75 Å². The molecule has 0 heterocycles. The molecule has 3 aromatic rings. The number of benzene rings is 3. The zero-order valence-corrected chi connectivity index (χ0v) is 16.1. The second kappa shape index (κ2) is 9.00. The van der Waals surface area contributed by atoms with Crippen LogP contribution in [0, 0.1) is 13.8 Å². The Morgan fingerprint density at radius 3 is 2.36 bits per heavy atom. The summed E-state index contributed by atoms with van der Waals surface area (Å²) in [6.07, 6.45) is 1.35. The van der Waals surface area contributed by atoms with Crippen LogP contribution >= 0.6 is 0 Å². The van der Waals surface area contributed by atoms with E-state index in [4.69, 9.17) is 0 Å². The number of hydrogen-bond donors (Lipinski definition) is 2. The molecule has 0 aliphatic carbocycles. The number of carbonyl (C=O) groups is 1. The molecular formula is C24H24N2O2. The topological polar surface area (TPSA) is 61.7 Å². The number of rotatable bonds is 6. The zero-order chi connectivity index (χ0) is 19.9. The van der Waals surface area contributed by atoms with Gasteiger partial charge in [-0.1, -0.05) is 60.2 Å². The van der Waals surface area contributed by atoms with Crippen molar-refractivity contribution in [3.05, 3.63) is 101 Å². The Morgan fingerprint density at radius 2 is 1.64 bits per heavy atom. The lowest BCUT2D eigenvalue weighted by Gasteiger charge is -2.10. The van der Waals surface area contributed by atoms with E-state index in [0.717, 1.165) is 17.5 Å². The molecule has 0 unspecified atom stereocenters. The maximum Gasteiger partial charge on any atom is 0.271 e. The first-order valence-electron chi connectivity index (χ1n) is 9.31. The molecule has 0 aliphatic heterocycles. The quantitative estimate of drug-likeness (QED) is 0.483. The fourth-order valence-electron chi connectivity index (χ4n) is 3.12. The predicted molar refractivity (Wildman–Crippen MR) is 113 cm³/mol. The van der Waals surface area contributed by atoms with E-state index in [2.05, 4.69) is 22.7 Å². The number of nitrogens with zero attached hydrogens (tertiary/aromatic N) is 1. The van der Waals surface area contributed by atoms with Crippen LogP contribution in [0.2, 0.25) is 0 Å². The van der Waals surface area contributed by atoms with E-state index in [-0.39, 0.29) is 11.7 Å². The van der Waals surface area contributed by atoms with E-state index in [1.165, 1.54) is 5.56 Å². The lowest BCUT2D eigenvalue weighted by atomic mass is 10.0. The number of aryl methyl sites for hydroxylation is 3. The Labute approximate surface area is 165 Å². The number of aromatic hydroxyl groups is 1. The monoisotopic (exact) mass is 372 g/mol. The van der Waals surface area contributed by atoms with Gasteiger partial charge in [0.2, 0.25) is 0 Å². The highest BCUT2D eigenvalue weighted by atomic mass is 16.3. The van der Waals surface area contributed by atoms with E-state index in [9.17, 15) is 9.90 Å². The maximum absolute atomic E-state index is 12.6. The molecule has 0 fully saturated rings. The van der Waals surface area contributed by atoms with Crippen LogP contribution in [0.1, 0.15) is 39.0 Å². The third-order valence-electron chi connectivity index (χ3n) is 4.63. The van der Waals surface area contributed by atoms with E-state index in [1.807, 2.05) is 56.3 Å². The molecule has 0 saturated carbocycles. The van der Waals surface area contributed by atoms with Gasteiger partial charge in [-0.05, 0) is 56.0 Å². The minimum atomic E-state index is -0.259. The first-order valence-corrected chi connectivity index (χ1v) is 9.31. The highest BCUT2D eigenvalue weighted by molar-refractivity contribution is 6.04. The van der Waals surface area contributed by atoms with Gasteiger partial charge in [0.25, 0.3) is 5.91 Å². The molecule has 1 amide bonds. The van der Waals surface area contributed by atoms with Gasteiger partial charge < -0.3 is 5.11 Å². The van der Waals surface area contributed by atoms with E-state index in [0.29, 0.717) is 23.3 Å². The Kier molecular flexibility index (Phi) is 6.22. The fourth-order valence-corrected chi connectivity index (χ4v) is 3.12. The number of hydrazone groups is 1. The number of carbonyl (C=O) groups excluding carboxylic acids is 1. The summed E-state index contributed by atoms with van der Waals surface area (Å²) < 4.78 is 0. The molecule has 0 aromatic heterocycles. The van der Waals surface area contributed by atoms with Crippen molar-refractivity contribution < 1.29 is 9.90 Å². The Balaban J connectivity index is 1.83. The van der Waals surface area contributed by atoms with Crippen molar-refractivity contribution in [3.8, 4) is 5.75 Å². The van der Waals surface area contributed by atoms with Gasteiger partial charge in [0.15, 0.2) is 0 Å². The molecule has 0 spiro atoms. The number of amides is 1. The molecule has 0 saturated heterocycles. The highest BCUT2D eigenvalue weighted by Gasteiger charge is 2.12. The first kappa shape index (κ1) is 19.4. The molecule has 0 atom stereocenters. The van der Waals surface area contributed by atoms with Crippen LogP contribution in [0.3, 0.4) is 0 Å². The Hall–Kier alpha value is -3.40. The molecule has 0 aliphatic rings. The maximum atomic E-state index is 12.6. The largest absolute Gasteiger partial charge is 0.507 e. The van der Waals surface area contributed by atoms with Crippen molar-refractivity contribution in [1.82, 2.24) is 5.43 Å². The third kappa shape index (κ3) is 4.86. The molecule has 28 heavy (non-hydrogen) atoms. The second-order valence-corrected chi connectivity index (χ2v) is 6.82. The standard InChI is InChI=1S/C24H24N2O2/c1-17-12-14-20(18(2)16-17)24(28)26-25-22(21-10-6-7-11-23(21)27)15-13-19-8-4-3-5-9-19/h3-12,14,16,27H,13,15H2,1-2H3,(H,26,28)/b25-22+. The van der Waals surface area contributed by atoms with Crippen molar-refractivity contribution in [3.63, 3.8) is 0 Å². The van der Waals surface area contributed by atoms with Crippen LogP contribution in [0.15, 0.2) is 77.9 Å². The van der Waals surface area contributed by atoms with Gasteiger partial charge in [-0.3, -0.25) is 4.79 Å². The van der Waals surface area contributed by atoms with Crippen LogP contribution < -0.4 is 5.43 Å². The van der Waals surface area contributed by atoms with Gasteiger partial charge in [-0.15, -0.1) is 0 Å². The van der Waals surface area contributed by atoms with Crippen molar-refractivity contribution in [2.45, 2.75) is 26.7 Å². The highest BCUT2D eigenvalue weighted by Crippen LogP contribution is 2.19. The third-order valence-corrected chi connectivity index (χ3v) is 4.63. The minimum absolute atomic E-state index is 0.148. The van der Waals surface area contributed by atoms with Gasteiger partial charge in [-0.25, -0.2) is 5.43 Å². The number of nitrogens with one attached hydrogen (secondary N) is 1. The van der Waals surface area contributed by atoms with Crippen molar-refractivity contribution >= 4 is 11.6 Å². The average molecular weight is 372 g/mol. The first-order chi connectivity index (χ1) is 13.5. The average Bonchev–Trinajstić information content (AvgIpc) is 2.69. The van der Waals surface area contributed by atoms with Crippen molar-refractivity contribution in [1.29, 1.82) is 0 Å². The Morgan fingerprint density at radius 1 is 0.929 bits per heavy atom. The lowest BCUT2D eigenvalue weighted by Crippen LogP contribution is -2.21. The summed E-state index contributed by atoms with van der Waals surface area (Å²) in [5, 5.41) is 14.6. The molecule has 142 valence electrons. The molecule has 4 nitrogen and oxygen atoms in total. The molecule has 3 rings (SSSR count). The predicted octanol–water partition coefficient (Wildman–Crippen LogP) is 4.78. The van der Waals surface area contributed by atoms with Crippen molar-refractivity contribution in [2.24, 2.45) is 5.10 Å². The number of phenolic OH excluding ortho intramolecular Hbond substituents is 1. The van der Waals surface area contributed by atoms with Crippen LogP contribution in [-0.2, 0) is 6.42 Å².